The minimum absolute atomic E-state index is 0.144. The number of hydrogen-bond donors (Lipinski definition) is 1. The van der Waals surface area contributed by atoms with E-state index in [4.69, 9.17) is 9.47 Å². The molecule has 0 bridgehead atoms. The summed E-state index contributed by atoms with van der Waals surface area (Å²) < 4.78 is 11.2. The van der Waals surface area contributed by atoms with E-state index in [0.717, 1.165) is 37.0 Å². The number of methoxy groups -OCH3 is 1. The van der Waals surface area contributed by atoms with Gasteiger partial charge in [0.05, 0.1) is 18.9 Å². The number of ether oxygens (including phenoxy) is 2. The summed E-state index contributed by atoms with van der Waals surface area (Å²) in [6, 6.07) is 15.8. The van der Waals surface area contributed by atoms with Crippen molar-refractivity contribution in [2.75, 3.05) is 32.6 Å². The molecule has 2 amide bonds. The molecule has 5 nitrogen and oxygen atoms in total. The Hall–Kier alpha value is -2.53. The molecule has 0 saturated carbocycles. The zero-order valence-corrected chi connectivity index (χ0v) is 16.1. The summed E-state index contributed by atoms with van der Waals surface area (Å²) in [6.45, 7) is 1.50. The molecule has 5 heteroatoms. The first-order valence-corrected chi connectivity index (χ1v) is 9.54. The predicted molar refractivity (Wildman–Crippen MR) is 108 cm³/mol. The zero-order chi connectivity index (χ0) is 19.1. The van der Waals surface area contributed by atoms with Gasteiger partial charge in [-0.1, -0.05) is 36.4 Å². The molecule has 2 aromatic rings. The lowest BCUT2D eigenvalue weighted by molar-refractivity contribution is 0.00848. The number of nitrogens with one attached hydrogen (secondary N) is 1. The minimum atomic E-state index is -0.144. The van der Waals surface area contributed by atoms with Crippen LogP contribution in [0, 0.1) is 0 Å². The molecule has 3 rings (SSSR count). The topological polar surface area (TPSA) is 50.8 Å². The highest BCUT2D eigenvalue weighted by molar-refractivity contribution is 5.92. The summed E-state index contributed by atoms with van der Waals surface area (Å²) in [6.07, 6.45) is 4.58. The molecule has 1 saturated heterocycles. The summed E-state index contributed by atoms with van der Waals surface area (Å²) in [5.41, 5.74) is 2.80. The van der Waals surface area contributed by atoms with Crippen LogP contribution < -0.4 is 10.1 Å². The van der Waals surface area contributed by atoms with E-state index < -0.39 is 0 Å². The number of benzene rings is 2. The van der Waals surface area contributed by atoms with Crippen molar-refractivity contribution in [2.24, 2.45) is 0 Å². The second kappa shape index (κ2) is 9.42. The van der Waals surface area contributed by atoms with Gasteiger partial charge in [-0.2, -0.15) is 0 Å². The Bertz CT molecular complexity index is 742. The molecule has 1 fully saturated rings. The van der Waals surface area contributed by atoms with Crippen LogP contribution in [0.15, 0.2) is 48.5 Å². The van der Waals surface area contributed by atoms with E-state index in [9.17, 15) is 4.79 Å². The number of amides is 2. The lowest BCUT2D eigenvalue weighted by Gasteiger charge is -2.25. The molecule has 0 spiro atoms. The first-order valence-electron chi connectivity index (χ1n) is 9.54. The van der Waals surface area contributed by atoms with E-state index in [-0.39, 0.29) is 12.1 Å². The molecule has 2 aromatic carbocycles. The molecule has 144 valence electrons. The van der Waals surface area contributed by atoms with Crippen LogP contribution >= 0.6 is 0 Å². The SMILES string of the molecule is COc1ccc(-c2ccccc2)cc1NC(=O)N(C)CC[C@@H]1CCCCO1. The Labute approximate surface area is 161 Å². The second-order valence-corrected chi connectivity index (χ2v) is 6.91. The average molecular weight is 368 g/mol. The monoisotopic (exact) mass is 368 g/mol. The molecule has 27 heavy (non-hydrogen) atoms. The molecular formula is C22H28N2O3. The van der Waals surface area contributed by atoms with Crippen molar-refractivity contribution < 1.29 is 14.3 Å². The van der Waals surface area contributed by atoms with Crippen molar-refractivity contribution in [2.45, 2.75) is 31.8 Å². The molecule has 1 atom stereocenters. The maximum atomic E-state index is 12.6. The highest BCUT2D eigenvalue weighted by atomic mass is 16.5. The third-order valence-corrected chi connectivity index (χ3v) is 4.96. The smallest absolute Gasteiger partial charge is 0.321 e. The van der Waals surface area contributed by atoms with Crippen LogP contribution in [0.4, 0.5) is 10.5 Å². The molecule has 1 heterocycles. The van der Waals surface area contributed by atoms with E-state index in [1.165, 1.54) is 6.42 Å². The molecule has 0 radical (unpaired) electrons. The van der Waals surface area contributed by atoms with Gasteiger partial charge in [-0.3, -0.25) is 0 Å². The minimum Gasteiger partial charge on any atom is -0.495 e. The van der Waals surface area contributed by atoms with Crippen molar-refractivity contribution in [3.8, 4) is 16.9 Å². The van der Waals surface area contributed by atoms with Gasteiger partial charge in [-0.15, -0.1) is 0 Å². The standard InChI is InChI=1S/C22H28N2O3/c1-24(14-13-19-10-6-7-15-27-19)22(25)23-20-16-18(11-12-21(20)26-2)17-8-4-3-5-9-17/h3-5,8-9,11-12,16,19H,6-7,10,13-15H2,1-2H3,(H,23,25)/t19-/m0/s1. The summed E-state index contributed by atoms with van der Waals surface area (Å²) in [5, 5.41) is 2.98. The van der Waals surface area contributed by atoms with Crippen LogP contribution in [0.3, 0.4) is 0 Å². The van der Waals surface area contributed by atoms with Crippen LogP contribution in [0.5, 0.6) is 5.75 Å². The second-order valence-electron chi connectivity index (χ2n) is 6.91. The largest absolute Gasteiger partial charge is 0.495 e. The molecule has 0 unspecified atom stereocenters. The maximum Gasteiger partial charge on any atom is 0.321 e. The van der Waals surface area contributed by atoms with Gasteiger partial charge in [0.1, 0.15) is 5.75 Å². The van der Waals surface area contributed by atoms with Gasteiger partial charge in [0.25, 0.3) is 0 Å². The number of carbonyl (C=O) groups is 1. The van der Waals surface area contributed by atoms with Crippen molar-refractivity contribution >= 4 is 11.7 Å². The van der Waals surface area contributed by atoms with Gasteiger partial charge in [-0.05, 0) is 48.9 Å². The number of hydrogen-bond acceptors (Lipinski definition) is 3. The highest BCUT2D eigenvalue weighted by Gasteiger charge is 2.17. The van der Waals surface area contributed by atoms with E-state index in [1.54, 1.807) is 12.0 Å². The molecule has 1 aliphatic heterocycles. The summed E-state index contributed by atoms with van der Waals surface area (Å²) in [7, 11) is 3.42. The number of carbonyl (C=O) groups excluding carboxylic acids is 1. The fourth-order valence-corrected chi connectivity index (χ4v) is 3.30. The summed E-state index contributed by atoms with van der Waals surface area (Å²) >= 11 is 0. The fourth-order valence-electron chi connectivity index (χ4n) is 3.30. The van der Waals surface area contributed by atoms with Crippen LogP contribution in [0.25, 0.3) is 11.1 Å². The lowest BCUT2D eigenvalue weighted by Crippen LogP contribution is -2.34. The Morgan fingerprint density at radius 3 is 2.70 bits per heavy atom. The number of urea groups is 1. The van der Waals surface area contributed by atoms with Gasteiger partial charge in [0.2, 0.25) is 0 Å². The van der Waals surface area contributed by atoms with Gasteiger partial charge in [-0.25, -0.2) is 4.79 Å². The van der Waals surface area contributed by atoms with E-state index in [2.05, 4.69) is 5.32 Å². The third-order valence-electron chi connectivity index (χ3n) is 4.96. The van der Waals surface area contributed by atoms with Gasteiger partial charge < -0.3 is 19.7 Å². The van der Waals surface area contributed by atoms with Crippen molar-refractivity contribution in [3.05, 3.63) is 48.5 Å². The van der Waals surface area contributed by atoms with Crippen LogP contribution in [-0.4, -0.2) is 44.3 Å². The van der Waals surface area contributed by atoms with Gasteiger partial charge >= 0.3 is 6.03 Å². The molecule has 1 aliphatic rings. The normalized spacial score (nSPS) is 16.6. The van der Waals surface area contributed by atoms with Crippen LogP contribution in [-0.2, 0) is 4.74 Å². The maximum absolute atomic E-state index is 12.6. The quantitative estimate of drug-likeness (QED) is 0.798. The van der Waals surface area contributed by atoms with E-state index >= 15 is 0 Å². The lowest BCUT2D eigenvalue weighted by atomic mass is 10.0. The van der Waals surface area contributed by atoms with Crippen LogP contribution in [0.1, 0.15) is 25.7 Å². The van der Waals surface area contributed by atoms with Crippen LogP contribution in [0.2, 0.25) is 0 Å². The van der Waals surface area contributed by atoms with Gasteiger partial charge in [0.15, 0.2) is 0 Å². The van der Waals surface area contributed by atoms with Crippen molar-refractivity contribution in [1.82, 2.24) is 4.90 Å². The Morgan fingerprint density at radius 2 is 2.00 bits per heavy atom. The van der Waals surface area contributed by atoms with E-state index in [0.29, 0.717) is 18.0 Å². The number of anilines is 1. The Morgan fingerprint density at radius 1 is 1.19 bits per heavy atom. The molecule has 0 aliphatic carbocycles. The summed E-state index contributed by atoms with van der Waals surface area (Å²) in [5.74, 6) is 0.645. The molecule has 0 aromatic heterocycles. The first kappa shape index (κ1) is 19.2. The highest BCUT2D eigenvalue weighted by Crippen LogP contribution is 2.30. The van der Waals surface area contributed by atoms with Crippen molar-refractivity contribution in [3.63, 3.8) is 0 Å². The number of rotatable bonds is 6. The first-order chi connectivity index (χ1) is 13.2. The summed E-state index contributed by atoms with van der Waals surface area (Å²) in [4.78, 5) is 14.3. The van der Waals surface area contributed by atoms with E-state index in [1.807, 2.05) is 55.6 Å². The predicted octanol–water partition coefficient (Wildman–Crippen LogP) is 4.79. The third kappa shape index (κ3) is 5.23. The zero-order valence-electron chi connectivity index (χ0n) is 16.1. The Kier molecular flexibility index (Phi) is 6.71. The molecular weight excluding hydrogens is 340 g/mol. The van der Waals surface area contributed by atoms with Crippen molar-refractivity contribution in [1.29, 1.82) is 0 Å². The fraction of sp³-hybridized carbons (Fsp3) is 0.409. The van der Waals surface area contributed by atoms with Gasteiger partial charge in [0, 0.05) is 20.2 Å². The number of nitrogens with zero attached hydrogens (tertiary/aromatic N) is 1. The molecule has 1 N–H and O–H groups in total. The average Bonchev–Trinajstić information content (AvgIpc) is 2.73. The Balaban J connectivity index is 1.65.